The van der Waals surface area contributed by atoms with Gasteiger partial charge in [0.2, 0.25) is 21.8 Å². The number of ether oxygens (including phenoxy) is 1. The number of halogens is 1. The van der Waals surface area contributed by atoms with Crippen LogP contribution in [-0.4, -0.2) is 56.6 Å². The van der Waals surface area contributed by atoms with E-state index in [0.717, 1.165) is 10.6 Å². The SMILES string of the molecule is COc1cccc(N(CC(=O)N(Cc2ccc(F)cc2)C(C)C(=O)NC(C)(C)C)S(C)(=O)=O)c1. The summed E-state index contributed by atoms with van der Waals surface area (Å²) in [6.07, 6.45) is 1.000. The molecule has 2 amide bonds. The zero-order chi connectivity index (χ0) is 25.7. The van der Waals surface area contributed by atoms with E-state index in [2.05, 4.69) is 5.32 Å². The molecule has 2 aromatic carbocycles. The molecule has 0 aliphatic heterocycles. The van der Waals surface area contributed by atoms with Crippen molar-refractivity contribution in [1.82, 2.24) is 10.2 Å². The van der Waals surface area contributed by atoms with E-state index in [9.17, 15) is 22.4 Å². The molecule has 0 saturated heterocycles. The number of rotatable bonds is 9. The summed E-state index contributed by atoms with van der Waals surface area (Å²) in [5.41, 5.74) is 0.316. The molecule has 10 heteroatoms. The fourth-order valence-corrected chi connectivity index (χ4v) is 4.06. The standard InChI is InChI=1S/C24H32FN3O5S/c1-17(23(30)26-24(2,3)4)27(15-18-10-12-19(25)13-11-18)22(29)16-28(34(6,31)32)20-8-7-9-21(14-20)33-5/h7-14,17H,15-16H2,1-6H3,(H,26,30). The molecule has 8 nitrogen and oxygen atoms in total. The van der Waals surface area contributed by atoms with Gasteiger partial charge < -0.3 is 15.0 Å². The first-order valence-electron chi connectivity index (χ1n) is 10.7. The summed E-state index contributed by atoms with van der Waals surface area (Å²) in [5, 5.41) is 2.84. The van der Waals surface area contributed by atoms with Gasteiger partial charge in [0.15, 0.2) is 0 Å². The molecule has 1 unspecified atom stereocenters. The number of sulfonamides is 1. The number of nitrogens with zero attached hydrogens (tertiary/aromatic N) is 2. The number of benzene rings is 2. The number of methoxy groups -OCH3 is 1. The van der Waals surface area contributed by atoms with Crippen molar-refractivity contribution in [3.63, 3.8) is 0 Å². The number of nitrogens with one attached hydrogen (secondary N) is 1. The van der Waals surface area contributed by atoms with Crippen LogP contribution in [0.3, 0.4) is 0 Å². The highest BCUT2D eigenvalue weighted by atomic mass is 32.2. The molecule has 2 aromatic rings. The monoisotopic (exact) mass is 493 g/mol. The Balaban J connectivity index is 2.41. The molecule has 1 N–H and O–H groups in total. The average molecular weight is 494 g/mol. The molecule has 0 saturated carbocycles. The van der Waals surface area contributed by atoms with Crippen molar-refractivity contribution in [3.05, 3.63) is 59.9 Å². The van der Waals surface area contributed by atoms with Crippen LogP contribution >= 0.6 is 0 Å². The van der Waals surface area contributed by atoms with Crippen molar-refractivity contribution < 1.29 is 27.1 Å². The highest BCUT2D eigenvalue weighted by molar-refractivity contribution is 7.92. The Kier molecular flexibility index (Phi) is 8.66. The molecule has 0 spiro atoms. The van der Waals surface area contributed by atoms with E-state index in [1.165, 1.54) is 42.3 Å². The Morgan fingerprint density at radius 2 is 1.74 bits per heavy atom. The molecule has 0 aliphatic rings. The van der Waals surface area contributed by atoms with Crippen LogP contribution < -0.4 is 14.4 Å². The highest BCUT2D eigenvalue weighted by Crippen LogP contribution is 2.24. The fraction of sp³-hybridized carbons (Fsp3) is 0.417. The third-order valence-corrected chi connectivity index (χ3v) is 6.09. The lowest BCUT2D eigenvalue weighted by molar-refractivity contribution is -0.140. The largest absolute Gasteiger partial charge is 0.497 e. The summed E-state index contributed by atoms with van der Waals surface area (Å²) < 4.78 is 44.7. The summed E-state index contributed by atoms with van der Waals surface area (Å²) in [6, 6.07) is 11.0. The van der Waals surface area contributed by atoms with Crippen molar-refractivity contribution in [2.45, 2.75) is 45.8 Å². The van der Waals surface area contributed by atoms with E-state index in [-0.39, 0.29) is 12.2 Å². The van der Waals surface area contributed by atoms with Gasteiger partial charge in [-0.3, -0.25) is 13.9 Å². The number of amides is 2. The molecule has 0 aromatic heterocycles. The zero-order valence-electron chi connectivity index (χ0n) is 20.3. The van der Waals surface area contributed by atoms with Gasteiger partial charge in [0.05, 0.1) is 19.1 Å². The van der Waals surface area contributed by atoms with Crippen molar-refractivity contribution in [2.24, 2.45) is 0 Å². The molecule has 0 aliphatic carbocycles. The summed E-state index contributed by atoms with van der Waals surface area (Å²) in [5.74, 6) is -0.981. The third kappa shape index (κ3) is 7.72. The lowest BCUT2D eigenvalue weighted by Crippen LogP contribution is -2.54. The number of hydrogen-bond donors (Lipinski definition) is 1. The van der Waals surface area contributed by atoms with Gasteiger partial charge in [-0.1, -0.05) is 18.2 Å². The van der Waals surface area contributed by atoms with Crippen LogP contribution in [0.15, 0.2) is 48.5 Å². The second-order valence-electron chi connectivity index (χ2n) is 9.03. The Morgan fingerprint density at radius 3 is 2.26 bits per heavy atom. The molecule has 1 atom stereocenters. The van der Waals surface area contributed by atoms with Crippen molar-refractivity contribution in [1.29, 1.82) is 0 Å². The smallest absolute Gasteiger partial charge is 0.244 e. The predicted molar refractivity (Wildman–Crippen MR) is 129 cm³/mol. The summed E-state index contributed by atoms with van der Waals surface area (Å²) >= 11 is 0. The van der Waals surface area contributed by atoms with Gasteiger partial charge in [0.1, 0.15) is 24.2 Å². The first-order chi connectivity index (χ1) is 15.7. The van der Waals surface area contributed by atoms with Gasteiger partial charge in [-0.2, -0.15) is 0 Å². The maximum atomic E-state index is 13.4. The highest BCUT2D eigenvalue weighted by Gasteiger charge is 2.31. The minimum Gasteiger partial charge on any atom is -0.497 e. The molecule has 0 fully saturated rings. The number of hydrogen-bond acceptors (Lipinski definition) is 5. The van der Waals surface area contributed by atoms with Gasteiger partial charge in [0.25, 0.3) is 0 Å². The molecular weight excluding hydrogens is 461 g/mol. The van der Waals surface area contributed by atoms with Crippen molar-refractivity contribution in [2.75, 3.05) is 24.2 Å². The normalized spacial score (nSPS) is 12.6. The molecule has 0 heterocycles. The molecule has 0 bridgehead atoms. The van der Waals surface area contributed by atoms with E-state index < -0.39 is 45.8 Å². The number of carbonyl (C=O) groups is 2. The second kappa shape index (κ2) is 10.9. The lowest BCUT2D eigenvalue weighted by atomic mass is 10.1. The number of carbonyl (C=O) groups excluding carboxylic acids is 2. The quantitative estimate of drug-likeness (QED) is 0.580. The Hall–Kier alpha value is -3.14. The van der Waals surface area contributed by atoms with Gasteiger partial charge in [-0.15, -0.1) is 0 Å². The Morgan fingerprint density at radius 1 is 1.12 bits per heavy atom. The van der Waals surface area contributed by atoms with Gasteiger partial charge >= 0.3 is 0 Å². The Bertz CT molecular complexity index is 1110. The second-order valence-corrected chi connectivity index (χ2v) is 10.9. The van der Waals surface area contributed by atoms with Gasteiger partial charge in [-0.05, 0) is 57.5 Å². The molecule has 34 heavy (non-hydrogen) atoms. The topological polar surface area (TPSA) is 96.0 Å². The van der Waals surface area contributed by atoms with Crippen molar-refractivity contribution in [3.8, 4) is 5.75 Å². The third-order valence-electron chi connectivity index (χ3n) is 4.95. The molecular formula is C24H32FN3O5S. The van der Waals surface area contributed by atoms with Crippen LogP contribution in [0, 0.1) is 5.82 Å². The Labute approximate surface area is 200 Å². The van der Waals surface area contributed by atoms with Crippen LogP contribution in [0.4, 0.5) is 10.1 Å². The van der Waals surface area contributed by atoms with Crippen molar-refractivity contribution >= 4 is 27.5 Å². The number of anilines is 1. The lowest BCUT2D eigenvalue weighted by Gasteiger charge is -2.33. The average Bonchev–Trinajstić information content (AvgIpc) is 2.74. The first kappa shape index (κ1) is 27.1. The van der Waals surface area contributed by atoms with Crippen LogP contribution in [0.5, 0.6) is 5.75 Å². The maximum absolute atomic E-state index is 13.4. The van der Waals surface area contributed by atoms with E-state index in [4.69, 9.17) is 4.74 Å². The summed E-state index contributed by atoms with van der Waals surface area (Å²) in [7, 11) is -2.39. The molecule has 2 rings (SSSR count). The summed E-state index contributed by atoms with van der Waals surface area (Å²) in [4.78, 5) is 27.6. The minimum atomic E-state index is -3.84. The van der Waals surface area contributed by atoms with Crippen LogP contribution in [0.1, 0.15) is 33.3 Å². The predicted octanol–water partition coefficient (Wildman–Crippen LogP) is 2.93. The molecule has 186 valence electrons. The maximum Gasteiger partial charge on any atom is 0.244 e. The van der Waals surface area contributed by atoms with Crippen LogP contribution in [-0.2, 0) is 26.2 Å². The summed E-state index contributed by atoms with van der Waals surface area (Å²) in [6.45, 7) is 6.49. The van der Waals surface area contributed by atoms with Crippen LogP contribution in [0.25, 0.3) is 0 Å². The van der Waals surface area contributed by atoms with E-state index in [1.807, 2.05) is 20.8 Å². The first-order valence-corrected chi connectivity index (χ1v) is 12.5. The van der Waals surface area contributed by atoms with E-state index in [0.29, 0.717) is 11.3 Å². The van der Waals surface area contributed by atoms with Crippen LogP contribution in [0.2, 0.25) is 0 Å². The van der Waals surface area contributed by atoms with E-state index >= 15 is 0 Å². The minimum absolute atomic E-state index is 0.00639. The van der Waals surface area contributed by atoms with E-state index in [1.54, 1.807) is 25.1 Å². The zero-order valence-corrected chi connectivity index (χ0v) is 21.1. The van der Waals surface area contributed by atoms with Gasteiger partial charge in [-0.25, -0.2) is 12.8 Å². The molecule has 0 radical (unpaired) electrons. The van der Waals surface area contributed by atoms with Gasteiger partial charge in [0, 0.05) is 18.2 Å². The fourth-order valence-electron chi connectivity index (χ4n) is 3.22.